The molecule has 0 bridgehead atoms. The highest BCUT2D eigenvalue weighted by molar-refractivity contribution is 7.14. The van der Waals surface area contributed by atoms with Gasteiger partial charge in [0.05, 0.1) is 35.7 Å². The van der Waals surface area contributed by atoms with Crippen LogP contribution in [0.4, 0.5) is 0 Å². The van der Waals surface area contributed by atoms with Crippen LogP contribution >= 0.6 is 11.3 Å². The van der Waals surface area contributed by atoms with Crippen LogP contribution in [0.3, 0.4) is 0 Å². The molecule has 3 aromatic carbocycles. The van der Waals surface area contributed by atoms with Crippen LogP contribution in [0.1, 0.15) is 49.9 Å². The maximum absolute atomic E-state index is 13.8. The van der Waals surface area contributed by atoms with Gasteiger partial charge in [0.1, 0.15) is 10.9 Å². The highest BCUT2D eigenvalue weighted by atomic mass is 32.1. The van der Waals surface area contributed by atoms with Crippen molar-refractivity contribution in [3.05, 3.63) is 129 Å². The lowest BCUT2D eigenvalue weighted by molar-refractivity contribution is -0.114. The molecule has 0 radical (unpaired) electrons. The number of hydrogen-bond acceptors (Lipinski definition) is 7. The van der Waals surface area contributed by atoms with E-state index in [9.17, 15) is 19.6 Å². The normalized spacial score (nSPS) is 11.1. The summed E-state index contributed by atoms with van der Waals surface area (Å²) >= 11 is 1.02. The number of ether oxygens (including phenoxy) is 2. The molecule has 7 nitrogen and oxygen atoms in total. The van der Waals surface area contributed by atoms with E-state index in [1.165, 1.54) is 0 Å². The summed E-state index contributed by atoms with van der Waals surface area (Å²) in [5.74, 6) is -1.69. The second-order valence-corrected chi connectivity index (χ2v) is 11.4. The zero-order valence-electron chi connectivity index (χ0n) is 25.8. The van der Waals surface area contributed by atoms with Crippen molar-refractivity contribution in [1.82, 2.24) is 4.57 Å². The van der Waals surface area contributed by atoms with Crippen LogP contribution in [-0.2, 0) is 20.7 Å². The Hall–Kier alpha value is -5.52. The molecule has 0 N–H and O–H groups in total. The van der Waals surface area contributed by atoms with Crippen LogP contribution in [0, 0.1) is 18.3 Å². The van der Waals surface area contributed by atoms with Crippen molar-refractivity contribution < 1.29 is 23.9 Å². The monoisotopic (exact) mass is 628 g/mol. The van der Waals surface area contributed by atoms with Crippen molar-refractivity contribution in [2.24, 2.45) is 0 Å². The van der Waals surface area contributed by atoms with E-state index in [2.05, 4.69) is 10.6 Å². The number of nitriles is 1. The van der Waals surface area contributed by atoms with Gasteiger partial charge in [-0.1, -0.05) is 78.9 Å². The molecule has 0 saturated carbocycles. The van der Waals surface area contributed by atoms with Crippen molar-refractivity contribution in [1.29, 1.82) is 5.26 Å². The summed E-state index contributed by atoms with van der Waals surface area (Å²) in [6.07, 6.45) is 1.34. The van der Waals surface area contributed by atoms with Gasteiger partial charge < -0.3 is 14.0 Å². The van der Waals surface area contributed by atoms with Crippen molar-refractivity contribution in [3.63, 3.8) is 0 Å². The second-order valence-electron chi connectivity index (χ2n) is 10.3. The Kier molecular flexibility index (Phi) is 10.1. The van der Waals surface area contributed by atoms with Crippen LogP contribution in [0.15, 0.2) is 103 Å². The molecule has 0 aliphatic carbocycles. The Morgan fingerprint density at radius 1 is 0.826 bits per heavy atom. The highest BCUT2D eigenvalue weighted by Crippen LogP contribution is 2.37. The maximum Gasteiger partial charge on any atom is 0.348 e. The number of carbonyl (C=O) groups excluding carboxylic acids is 3. The van der Waals surface area contributed by atoms with Crippen LogP contribution in [0.2, 0.25) is 0 Å². The quantitative estimate of drug-likeness (QED) is 0.0830. The number of ketones is 1. The van der Waals surface area contributed by atoms with Crippen molar-refractivity contribution >= 4 is 35.1 Å². The first-order valence-electron chi connectivity index (χ1n) is 14.9. The number of nitrogens with zero attached hydrogens (tertiary/aromatic N) is 2. The van der Waals surface area contributed by atoms with E-state index in [0.29, 0.717) is 16.0 Å². The molecule has 8 heteroatoms. The van der Waals surface area contributed by atoms with Crippen LogP contribution in [0.5, 0.6) is 0 Å². The van der Waals surface area contributed by atoms with E-state index < -0.39 is 17.7 Å². The predicted octanol–water partition coefficient (Wildman–Crippen LogP) is 8.25. The third-order valence-corrected chi connectivity index (χ3v) is 8.64. The van der Waals surface area contributed by atoms with Crippen molar-refractivity contribution in [3.8, 4) is 34.3 Å². The molecule has 0 unspecified atom stereocenters. The molecule has 0 spiro atoms. The number of para-hydroxylation sites is 1. The molecular weight excluding hydrogens is 596 g/mol. The van der Waals surface area contributed by atoms with E-state index in [0.717, 1.165) is 39.5 Å². The SMILES string of the molecule is CCOC(=O)c1sc(CC(=O)C(C#N)=Cc2cc(-c3ccccc3)n(-c3ccccc3)c2-c2ccccc2)c(C(=O)OCC)c1C. The Bertz CT molecular complexity index is 1950. The topological polar surface area (TPSA) is 98.4 Å². The van der Waals surface area contributed by atoms with E-state index in [4.69, 9.17) is 9.47 Å². The van der Waals surface area contributed by atoms with E-state index in [1.807, 2.05) is 97.1 Å². The fraction of sp³-hybridized carbons (Fsp3) is 0.158. The molecule has 46 heavy (non-hydrogen) atoms. The Morgan fingerprint density at radius 3 is 1.98 bits per heavy atom. The molecule has 0 aliphatic heterocycles. The number of thiophene rings is 1. The van der Waals surface area contributed by atoms with E-state index in [1.54, 1.807) is 26.8 Å². The fourth-order valence-corrected chi connectivity index (χ4v) is 6.51. The second kappa shape index (κ2) is 14.5. The molecule has 0 saturated heterocycles. The average molecular weight is 629 g/mol. The van der Waals surface area contributed by atoms with Crippen LogP contribution in [0.25, 0.3) is 34.3 Å². The van der Waals surface area contributed by atoms with Gasteiger partial charge in [-0.3, -0.25) is 4.79 Å². The number of benzene rings is 3. The Balaban J connectivity index is 1.66. The minimum atomic E-state index is -0.629. The summed E-state index contributed by atoms with van der Waals surface area (Å²) in [6, 6.07) is 33.7. The molecule has 2 heterocycles. The lowest BCUT2D eigenvalue weighted by atomic mass is 10.0. The predicted molar refractivity (Wildman–Crippen MR) is 180 cm³/mol. The summed E-state index contributed by atoms with van der Waals surface area (Å²) in [5.41, 5.74) is 5.64. The summed E-state index contributed by atoms with van der Waals surface area (Å²) in [6.45, 7) is 5.30. The van der Waals surface area contributed by atoms with Gasteiger partial charge in [0.25, 0.3) is 0 Å². The van der Waals surface area contributed by atoms with Gasteiger partial charge in [-0.15, -0.1) is 11.3 Å². The minimum absolute atomic E-state index is 0.0828. The van der Waals surface area contributed by atoms with Gasteiger partial charge in [-0.05, 0) is 61.7 Å². The van der Waals surface area contributed by atoms with E-state index in [-0.39, 0.29) is 35.6 Å². The van der Waals surface area contributed by atoms with Crippen LogP contribution in [-0.4, -0.2) is 35.5 Å². The third kappa shape index (κ3) is 6.60. The molecular formula is C38H32N2O5S. The zero-order valence-corrected chi connectivity index (χ0v) is 26.6. The zero-order chi connectivity index (χ0) is 32.6. The molecule has 2 aromatic heterocycles. The first-order valence-corrected chi connectivity index (χ1v) is 15.7. The summed E-state index contributed by atoms with van der Waals surface area (Å²) in [7, 11) is 0. The largest absolute Gasteiger partial charge is 0.462 e. The summed E-state index contributed by atoms with van der Waals surface area (Å²) in [5, 5.41) is 10.3. The van der Waals surface area contributed by atoms with Gasteiger partial charge in [0, 0.05) is 22.5 Å². The highest BCUT2D eigenvalue weighted by Gasteiger charge is 2.28. The van der Waals surface area contributed by atoms with Gasteiger partial charge >= 0.3 is 11.9 Å². The number of carbonyl (C=O) groups is 3. The number of aromatic nitrogens is 1. The molecule has 0 fully saturated rings. The molecule has 5 aromatic rings. The summed E-state index contributed by atoms with van der Waals surface area (Å²) < 4.78 is 12.6. The lowest BCUT2D eigenvalue weighted by Crippen LogP contribution is -2.12. The van der Waals surface area contributed by atoms with Gasteiger partial charge in [0.15, 0.2) is 5.78 Å². The Labute approximate surface area is 272 Å². The van der Waals surface area contributed by atoms with Gasteiger partial charge in [-0.2, -0.15) is 5.26 Å². The van der Waals surface area contributed by atoms with E-state index >= 15 is 0 Å². The van der Waals surface area contributed by atoms with Crippen LogP contribution < -0.4 is 0 Å². The molecule has 5 rings (SSSR count). The van der Waals surface area contributed by atoms with Crippen molar-refractivity contribution in [2.75, 3.05) is 13.2 Å². The smallest absolute Gasteiger partial charge is 0.348 e. The number of esters is 2. The standard InChI is InChI=1S/C38H32N2O5S/c1-4-44-37(42)34-25(3)36(38(43)45-5-2)46-33(34)23-32(41)29(24-39)21-28-22-31(26-15-9-6-10-16-26)40(30-19-13-8-14-20-30)35(28)27-17-11-7-12-18-27/h6-22H,4-5,23H2,1-3H3. The molecule has 0 atom stereocenters. The molecule has 230 valence electrons. The molecule has 0 aliphatic rings. The third-order valence-electron chi connectivity index (χ3n) is 7.36. The average Bonchev–Trinajstić information content (AvgIpc) is 3.62. The number of rotatable bonds is 11. The number of allylic oxidation sites excluding steroid dienone is 1. The van der Waals surface area contributed by atoms with Crippen molar-refractivity contribution in [2.45, 2.75) is 27.2 Å². The maximum atomic E-state index is 13.8. The minimum Gasteiger partial charge on any atom is -0.462 e. The number of hydrogen-bond donors (Lipinski definition) is 0. The first-order chi connectivity index (χ1) is 22.4. The molecule has 0 amide bonds. The first kappa shape index (κ1) is 31.9. The lowest BCUT2D eigenvalue weighted by Gasteiger charge is -2.15. The fourth-order valence-electron chi connectivity index (χ4n) is 5.33. The van der Waals surface area contributed by atoms with Gasteiger partial charge in [-0.25, -0.2) is 9.59 Å². The number of Topliss-reactive ketones (excluding diaryl/α,β-unsaturated/α-hetero) is 1. The summed E-state index contributed by atoms with van der Waals surface area (Å²) in [4.78, 5) is 40.0. The van der Waals surface area contributed by atoms with Gasteiger partial charge in [0.2, 0.25) is 0 Å². The Morgan fingerprint density at radius 2 is 1.39 bits per heavy atom.